The quantitative estimate of drug-likeness (QED) is 0.513. The standard InChI is InChI=1S/C16H11IN2OS/c17-13-5-10(7-18)6-14(19)16(13)20-8-11-9-21-15-4-2-1-3-12(11)15/h1-6,9H,8,19H2. The number of fused-ring (bicyclic) bond motifs is 1. The number of hydrogen-bond acceptors (Lipinski definition) is 4. The fourth-order valence-electron chi connectivity index (χ4n) is 2.13. The van der Waals surface area contributed by atoms with Gasteiger partial charge in [-0.3, -0.25) is 0 Å². The van der Waals surface area contributed by atoms with Crippen molar-refractivity contribution in [2.45, 2.75) is 6.61 Å². The van der Waals surface area contributed by atoms with E-state index in [1.807, 2.05) is 12.1 Å². The van der Waals surface area contributed by atoms with Crippen LogP contribution in [0.1, 0.15) is 11.1 Å². The van der Waals surface area contributed by atoms with Crippen molar-refractivity contribution in [3.05, 3.63) is 56.5 Å². The number of nitrogens with two attached hydrogens (primary N) is 1. The van der Waals surface area contributed by atoms with Gasteiger partial charge >= 0.3 is 0 Å². The number of nitrogen functional groups attached to an aromatic ring is 1. The molecule has 0 fully saturated rings. The Balaban J connectivity index is 1.87. The molecular formula is C16H11IN2OS. The van der Waals surface area contributed by atoms with Crippen LogP contribution < -0.4 is 10.5 Å². The lowest BCUT2D eigenvalue weighted by Gasteiger charge is -2.11. The molecule has 2 aromatic carbocycles. The summed E-state index contributed by atoms with van der Waals surface area (Å²) >= 11 is 3.85. The molecular weight excluding hydrogens is 395 g/mol. The molecule has 2 N–H and O–H groups in total. The first-order valence-corrected chi connectivity index (χ1v) is 8.22. The van der Waals surface area contributed by atoms with E-state index in [1.165, 1.54) is 10.1 Å². The smallest absolute Gasteiger partial charge is 0.156 e. The van der Waals surface area contributed by atoms with Crippen LogP contribution in [0, 0.1) is 14.9 Å². The van der Waals surface area contributed by atoms with Crippen molar-refractivity contribution in [1.82, 2.24) is 0 Å². The third-order valence-electron chi connectivity index (χ3n) is 3.13. The maximum Gasteiger partial charge on any atom is 0.156 e. The molecule has 0 saturated heterocycles. The van der Waals surface area contributed by atoms with Gasteiger partial charge < -0.3 is 10.5 Å². The number of nitriles is 1. The van der Waals surface area contributed by atoms with Crippen LogP contribution in [-0.2, 0) is 6.61 Å². The lowest BCUT2D eigenvalue weighted by atomic mass is 10.2. The zero-order valence-corrected chi connectivity index (χ0v) is 13.9. The second-order valence-corrected chi connectivity index (χ2v) is 6.61. The summed E-state index contributed by atoms with van der Waals surface area (Å²) in [5, 5.41) is 12.2. The zero-order chi connectivity index (χ0) is 14.8. The molecule has 5 heteroatoms. The van der Waals surface area contributed by atoms with Gasteiger partial charge in [0.25, 0.3) is 0 Å². The summed E-state index contributed by atoms with van der Waals surface area (Å²) in [5.74, 6) is 0.643. The molecule has 21 heavy (non-hydrogen) atoms. The number of rotatable bonds is 3. The maximum atomic E-state index is 8.93. The van der Waals surface area contributed by atoms with Gasteiger partial charge in [-0.2, -0.15) is 5.26 Å². The summed E-state index contributed by atoms with van der Waals surface area (Å²) in [5.41, 5.74) is 8.16. The topological polar surface area (TPSA) is 59.0 Å². The Hall–Kier alpha value is -1.78. The van der Waals surface area contributed by atoms with Gasteiger partial charge in [-0.05, 0) is 51.6 Å². The van der Waals surface area contributed by atoms with E-state index in [9.17, 15) is 0 Å². The van der Waals surface area contributed by atoms with Crippen LogP contribution in [0.4, 0.5) is 5.69 Å². The fraction of sp³-hybridized carbons (Fsp3) is 0.0625. The molecule has 0 bridgehead atoms. The zero-order valence-electron chi connectivity index (χ0n) is 11.0. The third-order valence-corrected chi connectivity index (χ3v) is 4.95. The maximum absolute atomic E-state index is 8.93. The molecule has 0 aliphatic heterocycles. The minimum atomic E-state index is 0.468. The SMILES string of the molecule is N#Cc1cc(N)c(OCc2csc3ccccc23)c(I)c1. The molecule has 1 heterocycles. The van der Waals surface area contributed by atoms with Crippen molar-refractivity contribution in [3.8, 4) is 11.8 Å². The van der Waals surface area contributed by atoms with Crippen LogP contribution in [0.5, 0.6) is 5.75 Å². The predicted molar refractivity (Wildman–Crippen MR) is 94.4 cm³/mol. The van der Waals surface area contributed by atoms with E-state index in [4.69, 9.17) is 15.7 Å². The van der Waals surface area contributed by atoms with Gasteiger partial charge in [0.1, 0.15) is 6.61 Å². The minimum Gasteiger partial charge on any atom is -0.486 e. The van der Waals surface area contributed by atoms with Crippen LogP contribution in [0.25, 0.3) is 10.1 Å². The van der Waals surface area contributed by atoms with Gasteiger partial charge in [-0.25, -0.2) is 0 Å². The van der Waals surface area contributed by atoms with Gasteiger partial charge in [0.2, 0.25) is 0 Å². The number of halogens is 1. The van der Waals surface area contributed by atoms with Crippen LogP contribution in [-0.4, -0.2) is 0 Å². The highest BCUT2D eigenvalue weighted by molar-refractivity contribution is 14.1. The second-order valence-electron chi connectivity index (χ2n) is 4.53. The second kappa shape index (κ2) is 5.92. The van der Waals surface area contributed by atoms with E-state index >= 15 is 0 Å². The molecule has 0 radical (unpaired) electrons. The Morgan fingerprint density at radius 1 is 1.29 bits per heavy atom. The molecule has 0 atom stereocenters. The summed E-state index contributed by atoms with van der Waals surface area (Å²) in [7, 11) is 0. The average Bonchev–Trinajstić information content (AvgIpc) is 2.89. The van der Waals surface area contributed by atoms with Crippen molar-refractivity contribution in [1.29, 1.82) is 5.26 Å². The first-order chi connectivity index (χ1) is 10.2. The van der Waals surface area contributed by atoms with E-state index in [2.05, 4.69) is 46.2 Å². The van der Waals surface area contributed by atoms with Gasteiger partial charge in [0, 0.05) is 10.3 Å². The van der Waals surface area contributed by atoms with Gasteiger partial charge in [-0.15, -0.1) is 11.3 Å². The number of thiophene rings is 1. The molecule has 0 aliphatic rings. The summed E-state index contributed by atoms with van der Waals surface area (Å²) in [6.45, 7) is 0.468. The third kappa shape index (κ3) is 2.82. The van der Waals surface area contributed by atoms with Crippen molar-refractivity contribution in [3.63, 3.8) is 0 Å². The lowest BCUT2D eigenvalue weighted by molar-refractivity contribution is 0.307. The molecule has 0 saturated carbocycles. The van der Waals surface area contributed by atoms with Gasteiger partial charge in [0.05, 0.1) is 20.9 Å². The van der Waals surface area contributed by atoms with Gasteiger partial charge in [-0.1, -0.05) is 18.2 Å². The monoisotopic (exact) mass is 406 g/mol. The molecule has 3 rings (SSSR count). The minimum absolute atomic E-state index is 0.468. The Labute approximate surface area is 140 Å². The first-order valence-electron chi connectivity index (χ1n) is 6.26. The fourth-order valence-corrected chi connectivity index (χ4v) is 3.88. The summed E-state index contributed by atoms with van der Waals surface area (Å²) in [6, 6.07) is 13.8. The van der Waals surface area contributed by atoms with Crippen molar-refractivity contribution < 1.29 is 4.74 Å². The number of ether oxygens (including phenoxy) is 1. The number of anilines is 1. The molecule has 1 aromatic heterocycles. The Morgan fingerprint density at radius 3 is 2.86 bits per heavy atom. The van der Waals surface area contributed by atoms with Crippen LogP contribution in [0.15, 0.2) is 41.8 Å². The number of benzene rings is 2. The largest absolute Gasteiger partial charge is 0.486 e. The predicted octanol–water partition coefficient (Wildman–Crippen LogP) is 4.54. The highest BCUT2D eigenvalue weighted by Crippen LogP contribution is 2.32. The van der Waals surface area contributed by atoms with Gasteiger partial charge in [0.15, 0.2) is 5.75 Å². The average molecular weight is 406 g/mol. The summed E-state index contributed by atoms with van der Waals surface area (Å²) < 4.78 is 7.98. The molecule has 3 nitrogen and oxygen atoms in total. The number of nitrogens with zero attached hydrogens (tertiary/aromatic N) is 1. The molecule has 3 aromatic rings. The molecule has 0 aliphatic carbocycles. The molecule has 0 unspecified atom stereocenters. The molecule has 104 valence electrons. The van der Waals surface area contributed by atoms with Crippen LogP contribution in [0.2, 0.25) is 0 Å². The van der Waals surface area contributed by atoms with Crippen LogP contribution >= 0.6 is 33.9 Å². The number of hydrogen-bond donors (Lipinski definition) is 1. The van der Waals surface area contributed by atoms with E-state index < -0.39 is 0 Å². The highest BCUT2D eigenvalue weighted by Gasteiger charge is 2.10. The summed E-state index contributed by atoms with van der Waals surface area (Å²) in [4.78, 5) is 0. The lowest BCUT2D eigenvalue weighted by Crippen LogP contribution is -2.01. The van der Waals surface area contributed by atoms with E-state index in [-0.39, 0.29) is 0 Å². The Bertz CT molecular complexity index is 828. The molecule has 0 spiro atoms. The van der Waals surface area contributed by atoms with Crippen molar-refractivity contribution in [2.75, 3.05) is 5.73 Å². The Morgan fingerprint density at radius 2 is 2.10 bits per heavy atom. The van der Waals surface area contributed by atoms with Crippen LogP contribution in [0.3, 0.4) is 0 Å². The Kier molecular flexibility index (Phi) is 3.99. The first kappa shape index (κ1) is 14.2. The normalized spacial score (nSPS) is 10.5. The highest BCUT2D eigenvalue weighted by atomic mass is 127. The van der Waals surface area contributed by atoms with Crippen molar-refractivity contribution >= 4 is 49.7 Å². The molecule has 0 amide bonds. The van der Waals surface area contributed by atoms with Crippen molar-refractivity contribution in [2.24, 2.45) is 0 Å². The van der Waals surface area contributed by atoms with E-state index in [1.54, 1.807) is 23.5 Å². The van der Waals surface area contributed by atoms with E-state index in [0.717, 1.165) is 9.13 Å². The van der Waals surface area contributed by atoms with E-state index in [0.29, 0.717) is 23.6 Å². The summed E-state index contributed by atoms with van der Waals surface area (Å²) in [6.07, 6.45) is 0.